The molecule has 1 saturated carbocycles. The lowest BCUT2D eigenvalue weighted by Crippen LogP contribution is -2.34. The van der Waals surface area contributed by atoms with Gasteiger partial charge in [0.2, 0.25) is 0 Å². The predicted molar refractivity (Wildman–Crippen MR) is 87.5 cm³/mol. The van der Waals surface area contributed by atoms with Crippen molar-refractivity contribution >= 4 is 17.2 Å². The van der Waals surface area contributed by atoms with Gasteiger partial charge in [0.05, 0.1) is 30.3 Å². The van der Waals surface area contributed by atoms with Gasteiger partial charge in [0.1, 0.15) is 0 Å². The SMILES string of the molecule is NCn1cnc([C@@H](NC(=O)c2ccsc2)C2CCCCC2)c1. The van der Waals surface area contributed by atoms with E-state index >= 15 is 0 Å². The molecular formula is C16H22N4OS. The quantitative estimate of drug-likeness (QED) is 0.890. The van der Waals surface area contributed by atoms with E-state index in [-0.39, 0.29) is 11.9 Å². The van der Waals surface area contributed by atoms with Crippen LogP contribution < -0.4 is 11.1 Å². The van der Waals surface area contributed by atoms with E-state index in [2.05, 4.69) is 10.3 Å². The molecule has 6 heteroatoms. The number of imidazole rings is 1. The zero-order valence-corrected chi connectivity index (χ0v) is 13.4. The number of hydrogen-bond donors (Lipinski definition) is 2. The number of hydrogen-bond acceptors (Lipinski definition) is 4. The van der Waals surface area contributed by atoms with Crippen molar-refractivity contribution in [3.8, 4) is 0 Å². The molecule has 2 aromatic heterocycles. The molecule has 2 aromatic rings. The molecule has 0 aromatic carbocycles. The van der Waals surface area contributed by atoms with E-state index in [0.717, 1.165) is 24.1 Å². The Bertz CT molecular complexity index is 601. The van der Waals surface area contributed by atoms with Crippen LogP contribution in [0.15, 0.2) is 29.4 Å². The first kappa shape index (κ1) is 15.2. The van der Waals surface area contributed by atoms with Gasteiger partial charge in [-0.1, -0.05) is 19.3 Å². The number of amides is 1. The number of carbonyl (C=O) groups is 1. The summed E-state index contributed by atoms with van der Waals surface area (Å²) in [6, 6.07) is 1.83. The van der Waals surface area contributed by atoms with Crippen LogP contribution in [-0.2, 0) is 6.67 Å². The number of rotatable bonds is 5. The summed E-state index contributed by atoms with van der Waals surface area (Å²) in [5, 5.41) is 7.00. The van der Waals surface area contributed by atoms with Gasteiger partial charge in [0.15, 0.2) is 0 Å². The molecule has 1 aliphatic carbocycles. The average molecular weight is 318 g/mol. The van der Waals surface area contributed by atoms with Crippen LogP contribution in [0, 0.1) is 5.92 Å². The Labute approximate surface area is 134 Å². The van der Waals surface area contributed by atoms with Crippen LogP contribution >= 0.6 is 11.3 Å². The van der Waals surface area contributed by atoms with Crippen LogP contribution in [0.2, 0.25) is 0 Å². The molecule has 0 saturated heterocycles. The van der Waals surface area contributed by atoms with Crippen molar-refractivity contribution in [2.45, 2.75) is 44.8 Å². The van der Waals surface area contributed by atoms with Gasteiger partial charge >= 0.3 is 0 Å². The summed E-state index contributed by atoms with van der Waals surface area (Å²) in [7, 11) is 0. The maximum atomic E-state index is 12.4. The van der Waals surface area contributed by atoms with Gasteiger partial charge in [-0.2, -0.15) is 11.3 Å². The molecule has 3 rings (SSSR count). The molecule has 2 heterocycles. The third kappa shape index (κ3) is 3.39. The zero-order chi connectivity index (χ0) is 15.4. The summed E-state index contributed by atoms with van der Waals surface area (Å²) >= 11 is 1.54. The number of thiophene rings is 1. The van der Waals surface area contributed by atoms with Crippen molar-refractivity contribution in [2.24, 2.45) is 11.7 Å². The highest BCUT2D eigenvalue weighted by molar-refractivity contribution is 7.08. The van der Waals surface area contributed by atoms with Crippen molar-refractivity contribution in [1.82, 2.24) is 14.9 Å². The fraction of sp³-hybridized carbons (Fsp3) is 0.500. The summed E-state index contributed by atoms with van der Waals surface area (Å²) in [5.41, 5.74) is 7.30. The van der Waals surface area contributed by atoms with Gasteiger partial charge in [0, 0.05) is 11.6 Å². The lowest BCUT2D eigenvalue weighted by Gasteiger charge is -2.29. The lowest BCUT2D eigenvalue weighted by atomic mass is 9.82. The minimum atomic E-state index is -0.0273. The molecule has 1 fully saturated rings. The van der Waals surface area contributed by atoms with Crippen molar-refractivity contribution in [2.75, 3.05) is 0 Å². The molecule has 0 spiro atoms. The van der Waals surface area contributed by atoms with Crippen molar-refractivity contribution < 1.29 is 4.79 Å². The van der Waals surface area contributed by atoms with Crippen LogP contribution in [0.5, 0.6) is 0 Å². The fourth-order valence-corrected chi connectivity index (χ4v) is 3.79. The molecule has 1 atom stereocenters. The van der Waals surface area contributed by atoms with E-state index in [4.69, 9.17) is 5.73 Å². The minimum absolute atomic E-state index is 0.0147. The molecule has 3 N–H and O–H groups in total. The monoisotopic (exact) mass is 318 g/mol. The highest BCUT2D eigenvalue weighted by atomic mass is 32.1. The molecule has 0 unspecified atom stereocenters. The Morgan fingerprint density at radius 3 is 2.91 bits per heavy atom. The highest BCUT2D eigenvalue weighted by Gasteiger charge is 2.28. The Balaban J connectivity index is 1.80. The standard InChI is InChI=1S/C16H22N4OS/c17-10-20-8-14(18-11-20)15(12-4-2-1-3-5-12)19-16(21)13-6-7-22-9-13/h6-9,11-12,15H,1-5,10,17H2,(H,19,21)/t15-/m0/s1. The van der Waals surface area contributed by atoms with Gasteiger partial charge in [-0.05, 0) is 30.2 Å². The topological polar surface area (TPSA) is 72.9 Å². The largest absolute Gasteiger partial charge is 0.343 e. The third-order valence-electron chi connectivity index (χ3n) is 4.37. The number of nitrogens with zero attached hydrogens (tertiary/aromatic N) is 2. The Morgan fingerprint density at radius 2 is 2.27 bits per heavy atom. The Kier molecular flexibility index (Phi) is 4.90. The van der Waals surface area contributed by atoms with Crippen LogP contribution in [0.4, 0.5) is 0 Å². The molecule has 5 nitrogen and oxygen atoms in total. The molecule has 0 radical (unpaired) electrons. The third-order valence-corrected chi connectivity index (χ3v) is 5.06. The van der Waals surface area contributed by atoms with Crippen molar-refractivity contribution in [3.63, 3.8) is 0 Å². The van der Waals surface area contributed by atoms with E-state index < -0.39 is 0 Å². The normalized spacial score (nSPS) is 17.3. The van der Waals surface area contributed by atoms with Gasteiger partial charge in [-0.25, -0.2) is 4.98 Å². The summed E-state index contributed by atoms with van der Waals surface area (Å²) < 4.78 is 1.85. The van der Waals surface area contributed by atoms with Crippen LogP contribution in [0.3, 0.4) is 0 Å². The summed E-state index contributed by atoms with van der Waals surface area (Å²) in [6.45, 7) is 0.406. The fourth-order valence-electron chi connectivity index (χ4n) is 3.16. The van der Waals surface area contributed by atoms with E-state index in [1.165, 1.54) is 30.6 Å². The molecule has 118 valence electrons. The summed E-state index contributed by atoms with van der Waals surface area (Å²) in [5.74, 6) is 0.441. The van der Waals surface area contributed by atoms with Gasteiger partial charge < -0.3 is 15.6 Å². The second kappa shape index (κ2) is 7.07. The first-order valence-corrected chi connectivity index (χ1v) is 8.77. The summed E-state index contributed by atoms with van der Waals surface area (Å²) in [6.07, 6.45) is 9.72. The maximum Gasteiger partial charge on any atom is 0.252 e. The Hall–Kier alpha value is -1.66. The van der Waals surface area contributed by atoms with E-state index in [1.807, 2.05) is 27.6 Å². The van der Waals surface area contributed by atoms with E-state index in [9.17, 15) is 4.79 Å². The van der Waals surface area contributed by atoms with Crippen LogP contribution in [0.1, 0.15) is 54.2 Å². The smallest absolute Gasteiger partial charge is 0.252 e. The molecule has 0 bridgehead atoms. The van der Waals surface area contributed by atoms with Crippen LogP contribution in [-0.4, -0.2) is 15.5 Å². The number of aromatic nitrogens is 2. The Morgan fingerprint density at radius 1 is 1.45 bits per heavy atom. The van der Waals surface area contributed by atoms with Gasteiger partial charge in [-0.3, -0.25) is 4.79 Å². The highest BCUT2D eigenvalue weighted by Crippen LogP contribution is 2.34. The van der Waals surface area contributed by atoms with E-state index in [0.29, 0.717) is 12.6 Å². The minimum Gasteiger partial charge on any atom is -0.343 e. The zero-order valence-electron chi connectivity index (χ0n) is 12.6. The number of carbonyl (C=O) groups excluding carboxylic acids is 1. The molecule has 0 aliphatic heterocycles. The lowest BCUT2D eigenvalue weighted by molar-refractivity contribution is 0.0911. The number of nitrogens with two attached hydrogens (primary N) is 1. The second-order valence-electron chi connectivity index (χ2n) is 5.86. The second-order valence-corrected chi connectivity index (χ2v) is 6.64. The van der Waals surface area contributed by atoms with Crippen molar-refractivity contribution in [3.05, 3.63) is 40.6 Å². The molecule has 1 aliphatic rings. The molecule has 22 heavy (non-hydrogen) atoms. The number of nitrogens with one attached hydrogen (secondary N) is 1. The average Bonchev–Trinajstić information content (AvgIpc) is 3.24. The molecular weight excluding hydrogens is 296 g/mol. The first-order chi connectivity index (χ1) is 10.8. The first-order valence-electron chi connectivity index (χ1n) is 7.82. The summed E-state index contributed by atoms with van der Waals surface area (Å²) in [4.78, 5) is 16.9. The molecule has 1 amide bonds. The van der Waals surface area contributed by atoms with Crippen molar-refractivity contribution in [1.29, 1.82) is 0 Å². The van der Waals surface area contributed by atoms with Gasteiger partial charge in [0.25, 0.3) is 5.91 Å². The predicted octanol–water partition coefficient (Wildman–Crippen LogP) is 2.91. The maximum absolute atomic E-state index is 12.4. The van der Waals surface area contributed by atoms with Crippen LogP contribution in [0.25, 0.3) is 0 Å². The van der Waals surface area contributed by atoms with E-state index in [1.54, 1.807) is 6.33 Å². The van der Waals surface area contributed by atoms with Gasteiger partial charge in [-0.15, -0.1) is 0 Å².